The lowest BCUT2D eigenvalue weighted by Gasteiger charge is -2.33. The summed E-state index contributed by atoms with van der Waals surface area (Å²) in [5.41, 5.74) is 2.62. The van der Waals surface area contributed by atoms with Gasteiger partial charge in [-0.05, 0) is 48.4 Å². The number of aromatic nitrogens is 3. The predicted molar refractivity (Wildman–Crippen MR) is 90.2 cm³/mol. The zero-order valence-electron chi connectivity index (χ0n) is 14.5. The standard InChI is InChI=1S/C19H20FN3O2/c1-19(2,3)12-6-9-15-14(10-12)16(22-24-15)18-21-17(23-25-18)11-4-7-13(20)8-5-11/h4-5,7-8,12H,6,9-10H2,1-3H3. The van der Waals surface area contributed by atoms with E-state index >= 15 is 0 Å². The van der Waals surface area contributed by atoms with E-state index < -0.39 is 0 Å². The Morgan fingerprint density at radius 1 is 1.08 bits per heavy atom. The lowest BCUT2D eigenvalue weighted by Crippen LogP contribution is -2.26. The maximum absolute atomic E-state index is 13.1. The van der Waals surface area contributed by atoms with E-state index in [1.807, 2.05) is 0 Å². The molecule has 130 valence electrons. The lowest BCUT2D eigenvalue weighted by molar-refractivity contribution is 0.206. The molecule has 1 unspecified atom stereocenters. The van der Waals surface area contributed by atoms with E-state index in [0.717, 1.165) is 30.6 Å². The summed E-state index contributed by atoms with van der Waals surface area (Å²) in [4.78, 5) is 4.43. The van der Waals surface area contributed by atoms with Crippen LogP contribution in [0.1, 0.15) is 38.5 Å². The summed E-state index contributed by atoms with van der Waals surface area (Å²) < 4.78 is 24.0. The van der Waals surface area contributed by atoms with E-state index in [0.29, 0.717) is 28.9 Å². The predicted octanol–water partition coefficient (Wildman–Crippen LogP) is 4.68. The Balaban J connectivity index is 1.66. The second-order valence-corrected chi connectivity index (χ2v) is 7.67. The number of rotatable bonds is 2. The summed E-state index contributed by atoms with van der Waals surface area (Å²) in [5, 5.41) is 8.17. The van der Waals surface area contributed by atoms with Crippen molar-refractivity contribution in [1.82, 2.24) is 15.3 Å². The molecular formula is C19H20FN3O2. The van der Waals surface area contributed by atoms with Gasteiger partial charge in [-0.1, -0.05) is 31.1 Å². The van der Waals surface area contributed by atoms with Crippen LogP contribution in [0.2, 0.25) is 0 Å². The number of halogens is 1. The number of aryl methyl sites for hydroxylation is 1. The first-order valence-corrected chi connectivity index (χ1v) is 8.49. The molecule has 0 bridgehead atoms. The molecule has 0 saturated carbocycles. The fraction of sp³-hybridized carbons (Fsp3) is 0.421. The van der Waals surface area contributed by atoms with Crippen molar-refractivity contribution in [2.75, 3.05) is 0 Å². The van der Waals surface area contributed by atoms with Gasteiger partial charge in [0.2, 0.25) is 5.82 Å². The fourth-order valence-electron chi connectivity index (χ4n) is 3.35. The van der Waals surface area contributed by atoms with Gasteiger partial charge in [-0.2, -0.15) is 4.98 Å². The summed E-state index contributed by atoms with van der Waals surface area (Å²) in [7, 11) is 0. The minimum atomic E-state index is -0.300. The maximum Gasteiger partial charge on any atom is 0.280 e. The molecule has 0 spiro atoms. The molecule has 1 aliphatic rings. The smallest absolute Gasteiger partial charge is 0.280 e. The topological polar surface area (TPSA) is 65.0 Å². The number of benzene rings is 1. The molecular weight excluding hydrogens is 321 g/mol. The highest BCUT2D eigenvalue weighted by molar-refractivity contribution is 5.60. The molecule has 0 amide bonds. The molecule has 1 aromatic carbocycles. The molecule has 0 N–H and O–H groups in total. The SMILES string of the molecule is CC(C)(C)C1CCc2onc(-c3nc(-c4ccc(F)cc4)no3)c2C1. The molecule has 2 heterocycles. The molecule has 4 rings (SSSR count). The first kappa shape index (κ1) is 16.0. The van der Waals surface area contributed by atoms with Crippen LogP contribution in [0, 0.1) is 17.2 Å². The first-order chi connectivity index (χ1) is 11.9. The van der Waals surface area contributed by atoms with Gasteiger partial charge in [0.15, 0.2) is 5.69 Å². The van der Waals surface area contributed by atoms with Gasteiger partial charge in [-0.15, -0.1) is 0 Å². The van der Waals surface area contributed by atoms with Crippen molar-refractivity contribution in [3.05, 3.63) is 41.4 Å². The Labute approximate surface area is 145 Å². The van der Waals surface area contributed by atoms with Gasteiger partial charge < -0.3 is 9.05 Å². The average molecular weight is 341 g/mol. The van der Waals surface area contributed by atoms with Crippen LogP contribution in [0.4, 0.5) is 4.39 Å². The van der Waals surface area contributed by atoms with Crippen molar-refractivity contribution in [2.24, 2.45) is 11.3 Å². The van der Waals surface area contributed by atoms with Crippen LogP contribution >= 0.6 is 0 Å². The van der Waals surface area contributed by atoms with Crippen LogP contribution in [0.3, 0.4) is 0 Å². The highest BCUT2D eigenvalue weighted by Crippen LogP contribution is 2.40. The molecule has 6 heteroatoms. The molecule has 0 radical (unpaired) electrons. The second kappa shape index (κ2) is 5.79. The van der Waals surface area contributed by atoms with Crippen molar-refractivity contribution in [2.45, 2.75) is 40.0 Å². The van der Waals surface area contributed by atoms with Crippen molar-refractivity contribution in [3.63, 3.8) is 0 Å². The maximum atomic E-state index is 13.1. The Morgan fingerprint density at radius 2 is 1.84 bits per heavy atom. The molecule has 5 nitrogen and oxygen atoms in total. The van der Waals surface area contributed by atoms with Crippen molar-refractivity contribution in [3.8, 4) is 23.0 Å². The Bertz CT molecular complexity index is 890. The van der Waals surface area contributed by atoms with Crippen molar-refractivity contribution >= 4 is 0 Å². The molecule has 3 aromatic rings. The van der Waals surface area contributed by atoms with Crippen LogP contribution in [0.5, 0.6) is 0 Å². The molecule has 1 atom stereocenters. The zero-order chi connectivity index (χ0) is 17.6. The molecule has 0 fully saturated rings. The minimum Gasteiger partial charge on any atom is -0.360 e. The number of hydrogen-bond acceptors (Lipinski definition) is 5. The van der Waals surface area contributed by atoms with Crippen LogP contribution in [0.25, 0.3) is 23.0 Å². The van der Waals surface area contributed by atoms with Gasteiger partial charge in [-0.25, -0.2) is 4.39 Å². The van der Waals surface area contributed by atoms with Gasteiger partial charge in [0.1, 0.15) is 11.6 Å². The van der Waals surface area contributed by atoms with Gasteiger partial charge in [0.05, 0.1) is 0 Å². The van der Waals surface area contributed by atoms with E-state index in [4.69, 9.17) is 9.05 Å². The highest BCUT2D eigenvalue weighted by Gasteiger charge is 2.34. The summed E-state index contributed by atoms with van der Waals surface area (Å²) in [5.74, 6) is 1.93. The van der Waals surface area contributed by atoms with Gasteiger partial charge in [0, 0.05) is 17.5 Å². The lowest BCUT2D eigenvalue weighted by atomic mass is 9.71. The van der Waals surface area contributed by atoms with E-state index in [2.05, 4.69) is 36.1 Å². The van der Waals surface area contributed by atoms with Crippen LogP contribution < -0.4 is 0 Å². The zero-order valence-corrected chi connectivity index (χ0v) is 14.5. The fourth-order valence-corrected chi connectivity index (χ4v) is 3.35. The molecule has 0 aliphatic heterocycles. The molecule has 1 aliphatic carbocycles. The average Bonchev–Trinajstić information content (AvgIpc) is 3.20. The third-order valence-corrected chi connectivity index (χ3v) is 5.00. The van der Waals surface area contributed by atoms with E-state index in [-0.39, 0.29) is 11.2 Å². The number of hydrogen-bond donors (Lipinski definition) is 0. The van der Waals surface area contributed by atoms with Crippen LogP contribution in [0.15, 0.2) is 33.3 Å². The van der Waals surface area contributed by atoms with Crippen molar-refractivity contribution in [1.29, 1.82) is 0 Å². The Morgan fingerprint density at radius 3 is 2.56 bits per heavy atom. The Kier molecular flexibility index (Phi) is 3.71. The highest BCUT2D eigenvalue weighted by atomic mass is 19.1. The van der Waals surface area contributed by atoms with E-state index in [1.165, 1.54) is 12.1 Å². The van der Waals surface area contributed by atoms with Crippen molar-refractivity contribution < 1.29 is 13.4 Å². The largest absolute Gasteiger partial charge is 0.360 e. The van der Waals surface area contributed by atoms with Gasteiger partial charge in [0.25, 0.3) is 5.89 Å². The number of nitrogens with zero attached hydrogens (tertiary/aromatic N) is 3. The normalized spacial score (nSPS) is 17.5. The van der Waals surface area contributed by atoms with E-state index in [1.54, 1.807) is 12.1 Å². The third-order valence-electron chi connectivity index (χ3n) is 5.00. The summed E-state index contributed by atoms with van der Waals surface area (Å²) in [6.45, 7) is 6.78. The molecule has 25 heavy (non-hydrogen) atoms. The summed E-state index contributed by atoms with van der Waals surface area (Å²) in [6, 6.07) is 5.99. The quantitative estimate of drug-likeness (QED) is 0.677. The van der Waals surface area contributed by atoms with Gasteiger partial charge >= 0.3 is 0 Å². The second-order valence-electron chi connectivity index (χ2n) is 7.67. The van der Waals surface area contributed by atoms with Crippen LogP contribution in [-0.2, 0) is 12.8 Å². The third kappa shape index (κ3) is 2.97. The first-order valence-electron chi connectivity index (χ1n) is 8.49. The molecule has 0 saturated heterocycles. The van der Waals surface area contributed by atoms with E-state index in [9.17, 15) is 4.39 Å². The monoisotopic (exact) mass is 341 g/mol. The summed E-state index contributed by atoms with van der Waals surface area (Å²) in [6.07, 6.45) is 2.87. The minimum absolute atomic E-state index is 0.223. The summed E-state index contributed by atoms with van der Waals surface area (Å²) >= 11 is 0. The number of fused-ring (bicyclic) bond motifs is 1. The molecule has 2 aromatic heterocycles. The Hall–Kier alpha value is -2.50. The van der Waals surface area contributed by atoms with Crippen LogP contribution in [-0.4, -0.2) is 15.3 Å². The van der Waals surface area contributed by atoms with Gasteiger partial charge in [-0.3, -0.25) is 0 Å².